The van der Waals surface area contributed by atoms with Gasteiger partial charge in [0.05, 0.1) is 11.9 Å². The standard InChI is InChI=1S/C21H23N3O2S/c1-12-7-8-15-18(9-12)27-21-19(15)20(23-13(2)24-21)22-10-14-11-25-16-5-3-4-6-17(16)26-14/h3-6,12,14H,7-11H2,1-2H3,(H,22,23,24)/t12-,14+/m1/s1. The number of anilines is 1. The number of hydrogen-bond acceptors (Lipinski definition) is 6. The van der Waals surface area contributed by atoms with Gasteiger partial charge in [-0.25, -0.2) is 9.97 Å². The molecule has 1 aliphatic heterocycles. The summed E-state index contributed by atoms with van der Waals surface area (Å²) in [7, 11) is 0. The quantitative estimate of drug-likeness (QED) is 0.730. The predicted molar refractivity (Wildman–Crippen MR) is 108 cm³/mol. The largest absolute Gasteiger partial charge is 0.486 e. The topological polar surface area (TPSA) is 56.3 Å². The van der Waals surface area contributed by atoms with Gasteiger partial charge in [-0.15, -0.1) is 11.3 Å². The Hall–Kier alpha value is -2.34. The third-order valence-corrected chi connectivity index (χ3v) is 6.48. The number of benzene rings is 1. The van der Waals surface area contributed by atoms with Crippen molar-refractivity contribution in [2.45, 2.75) is 39.2 Å². The molecule has 5 rings (SSSR count). The van der Waals surface area contributed by atoms with Crippen LogP contribution in [0.2, 0.25) is 0 Å². The van der Waals surface area contributed by atoms with Gasteiger partial charge in [-0.1, -0.05) is 19.1 Å². The van der Waals surface area contributed by atoms with E-state index in [4.69, 9.17) is 19.4 Å². The van der Waals surface area contributed by atoms with Crippen molar-refractivity contribution >= 4 is 27.4 Å². The molecule has 2 atom stereocenters. The average Bonchev–Trinajstić information content (AvgIpc) is 3.02. The monoisotopic (exact) mass is 381 g/mol. The molecular formula is C21H23N3O2S. The minimum Gasteiger partial charge on any atom is -0.486 e. The van der Waals surface area contributed by atoms with Crippen LogP contribution in [0.4, 0.5) is 5.82 Å². The summed E-state index contributed by atoms with van der Waals surface area (Å²) in [5, 5.41) is 4.74. The van der Waals surface area contributed by atoms with E-state index in [0.717, 1.165) is 46.7 Å². The highest BCUT2D eigenvalue weighted by atomic mass is 32.1. The van der Waals surface area contributed by atoms with Gasteiger partial charge in [-0.3, -0.25) is 0 Å². The van der Waals surface area contributed by atoms with Crippen LogP contribution in [0.15, 0.2) is 24.3 Å². The Labute approximate surface area is 162 Å². The average molecular weight is 382 g/mol. The van der Waals surface area contributed by atoms with Crippen LogP contribution >= 0.6 is 11.3 Å². The van der Waals surface area contributed by atoms with E-state index in [1.807, 2.05) is 42.5 Å². The lowest BCUT2D eigenvalue weighted by Crippen LogP contribution is -2.35. The highest BCUT2D eigenvalue weighted by molar-refractivity contribution is 7.19. The molecule has 0 radical (unpaired) electrons. The molecule has 6 heteroatoms. The first-order chi connectivity index (χ1) is 13.2. The zero-order chi connectivity index (χ0) is 18.4. The molecule has 140 valence electrons. The molecule has 0 fully saturated rings. The number of nitrogens with one attached hydrogen (secondary N) is 1. The Balaban J connectivity index is 1.41. The van der Waals surface area contributed by atoms with E-state index in [0.29, 0.717) is 13.2 Å². The summed E-state index contributed by atoms with van der Waals surface area (Å²) in [6.45, 7) is 5.49. The number of nitrogens with zero attached hydrogens (tertiary/aromatic N) is 2. The van der Waals surface area contributed by atoms with Crippen LogP contribution in [0.25, 0.3) is 10.2 Å². The van der Waals surface area contributed by atoms with Crippen molar-refractivity contribution in [1.82, 2.24) is 9.97 Å². The second-order valence-corrected chi connectivity index (χ2v) is 8.61. The van der Waals surface area contributed by atoms with Crippen molar-refractivity contribution in [2.24, 2.45) is 5.92 Å². The molecule has 0 amide bonds. The lowest BCUT2D eigenvalue weighted by Gasteiger charge is -2.27. The second kappa shape index (κ2) is 6.68. The van der Waals surface area contributed by atoms with Gasteiger partial charge < -0.3 is 14.8 Å². The highest BCUT2D eigenvalue weighted by Gasteiger charge is 2.25. The van der Waals surface area contributed by atoms with Gasteiger partial charge >= 0.3 is 0 Å². The Morgan fingerprint density at radius 3 is 2.96 bits per heavy atom. The van der Waals surface area contributed by atoms with Crippen LogP contribution in [0, 0.1) is 12.8 Å². The number of aryl methyl sites for hydroxylation is 2. The van der Waals surface area contributed by atoms with Crippen molar-refractivity contribution < 1.29 is 9.47 Å². The maximum Gasteiger partial charge on any atom is 0.161 e. The zero-order valence-electron chi connectivity index (χ0n) is 15.6. The lowest BCUT2D eigenvalue weighted by molar-refractivity contribution is 0.0997. The minimum absolute atomic E-state index is 0.0419. The number of rotatable bonds is 3. The van der Waals surface area contributed by atoms with E-state index in [1.54, 1.807) is 0 Å². The van der Waals surface area contributed by atoms with E-state index in [-0.39, 0.29) is 6.10 Å². The first-order valence-corrected chi connectivity index (χ1v) is 10.4. The van der Waals surface area contributed by atoms with E-state index in [1.165, 1.54) is 22.2 Å². The van der Waals surface area contributed by atoms with Crippen molar-refractivity contribution in [3.05, 3.63) is 40.5 Å². The van der Waals surface area contributed by atoms with E-state index >= 15 is 0 Å². The first-order valence-electron chi connectivity index (χ1n) is 9.58. The third-order valence-electron chi connectivity index (χ3n) is 5.33. The van der Waals surface area contributed by atoms with Crippen LogP contribution < -0.4 is 14.8 Å². The second-order valence-electron chi connectivity index (χ2n) is 7.53. The van der Waals surface area contributed by atoms with E-state index < -0.39 is 0 Å². The highest BCUT2D eigenvalue weighted by Crippen LogP contribution is 2.40. The number of fused-ring (bicyclic) bond motifs is 4. The maximum atomic E-state index is 6.08. The fraction of sp³-hybridized carbons (Fsp3) is 0.429. The van der Waals surface area contributed by atoms with Crippen molar-refractivity contribution in [3.63, 3.8) is 0 Å². The van der Waals surface area contributed by atoms with E-state index in [2.05, 4.69) is 12.2 Å². The molecule has 0 unspecified atom stereocenters. The number of hydrogen-bond donors (Lipinski definition) is 1. The van der Waals surface area contributed by atoms with Gasteiger partial charge in [0.2, 0.25) is 0 Å². The lowest BCUT2D eigenvalue weighted by atomic mass is 9.89. The molecule has 0 saturated carbocycles. The molecule has 3 aromatic rings. The van der Waals surface area contributed by atoms with Crippen LogP contribution in [0.5, 0.6) is 11.5 Å². The normalized spacial score (nSPS) is 21.1. The van der Waals surface area contributed by atoms with Gasteiger partial charge in [-0.05, 0) is 49.8 Å². The minimum atomic E-state index is -0.0419. The summed E-state index contributed by atoms with van der Waals surface area (Å²) in [6.07, 6.45) is 3.47. The molecule has 1 N–H and O–H groups in total. The van der Waals surface area contributed by atoms with Crippen molar-refractivity contribution in [3.8, 4) is 11.5 Å². The number of ether oxygens (including phenoxy) is 2. The Morgan fingerprint density at radius 2 is 2.07 bits per heavy atom. The summed E-state index contributed by atoms with van der Waals surface area (Å²) in [5.41, 5.74) is 1.45. The first kappa shape index (κ1) is 16.8. The number of thiophene rings is 1. The molecule has 3 heterocycles. The van der Waals surface area contributed by atoms with E-state index in [9.17, 15) is 0 Å². The SMILES string of the molecule is Cc1nc(NC[C@H]2COc3ccccc3O2)c2c3c(sc2n1)C[C@H](C)CC3. The fourth-order valence-electron chi connectivity index (χ4n) is 3.95. The molecule has 2 aromatic heterocycles. The van der Waals surface area contributed by atoms with Crippen molar-refractivity contribution in [2.75, 3.05) is 18.5 Å². The maximum absolute atomic E-state index is 6.08. The molecule has 0 bridgehead atoms. The molecule has 2 aliphatic rings. The van der Waals surface area contributed by atoms with Gasteiger partial charge in [0.25, 0.3) is 0 Å². The van der Waals surface area contributed by atoms with Crippen molar-refractivity contribution in [1.29, 1.82) is 0 Å². The molecule has 1 aliphatic carbocycles. The molecule has 1 aromatic carbocycles. The third kappa shape index (κ3) is 3.12. The number of aromatic nitrogens is 2. The fourth-order valence-corrected chi connectivity index (χ4v) is 5.38. The van der Waals surface area contributed by atoms with Gasteiger partial charge in [0.15, 0.2) is 11.5 Å². The molecule has 0 spiro atoms. The summed E-state index contributed by atoms with van der Waals surface area (Å²) >= 11 is 1.84. The summed E-state index contributed by atoms with van der Waals surface area (Å²) in [4.78, 5) is 12.0. The summed E-state index contributed by atoms with van der Waals surface area (Å²) in [5.74, 6) is 4.12. The zero-order valence-corrected chi connectivity index (χ0v) is 16.4. The molecule has 5 nitrogen and oxygen atoms in total. The summed E-state index contributed by atoms with van der Waals surface area (Å²) < 4.78 is 11.9. The van der Waals surface area contributed by atoms with Crippen LogP contribution in [-0.4, -0.2) is 29.2 Å². The Bertz CT molecular complexity index is 1000. The van der Waals surface area contributed by atoms with Crippen LogP contribution in [0.3, 0.4) is 0 Å². The Morgan fingerprint density at radius 1 is 1.22 bits per heavy atom. The van der Waals surface area contributed by atoms with Crippen LogP contribution in [-0.2, 0) is 12.8 Å². The molecule has 27 heavy (non-hydrogen) atoms. The summed E-state index contributed by atoms with van der Waals surface area (Å²) in [6, 6.07) is 7.82. The van der Waals surface area contributed by atoms with Gasteiger partial charge in [0.1, 0.15) is 29.2 Å². The molecular weight excluding hydrogens is 358 g/mol. The molecule has 0 saturated heterocycles. The van der Waals surface area contributed by atoms with Gasteiger partial charge in [-0.2, -0.15) is 0 Å². The Kier molecular flexibility index (Phi) is 4.16. The van der Waals surface area contributed by atoms with Crippen LogP contribution in [0.1, 0.15) is 29.6 Å². The predicted octanol–water partition coefficient (Wildman–Crippen LogP) is 4.38. The smallest absolute Gasteiger partial charge is 0.161 e. The van der Waals surface area contributed by atoms with Gasteiger partial charge in [0, 0.05) is 4.88 Å². The number of para-hydroxylation sites is 2.